The molecule has 2 aliphatic carbocycles. The summed E-state index contributed by atoms with van der Waals surface area (Å²) in [6.45, 7) is 2.32. The van der Waals surface area contributed by atoms with E-state index in [2.05, 4.69) is 5.32 Å². The first-order valence-electron chi connectivity index (χ1n) is 8.75. The van der Waals surface area contributed by atoms with Crippen molar-refractivity contribution < 1.29 is 4.74 Å². The van der Waals surface area contributed by atoms with Crippen molar-refractivity contribution in [2.75, 3.05) is 13.1 Å². The topological polar surface area (TPSA) is 21.3 Å². The molecule has 1 spiro atoms. The maximum absolute atomic E-state index is 6.42. The maximum Gasteiger partial charge on any atom is 0.0708 e. The summed E-state index contributed by atoms with van der Waals surface area (Å²) in [6, 6.07) is 0. The Balaban J connectivity index is 1.35. The fraction of sp³-hybridized carbons (Fsp3) is 1.00. The molecule has 3 aliphatic rings. The highest BCUT2D eigenvalue weighted by Crippen LogP contribution is 2.41. The summed E-state index contributed by atoms with van der Waals surface area (Å²) in [7, 11) is 0. The molecule has 0 aromatic heterocycles. The number of ether oxygens (including phenoxy) is 1. The van der Waals surface area contributed by atoms with Crippen molar-refractivity contribution in [3.05, 3.63) is 0 Å². The first kappa shape index (κ1) is 13.9. The molecule has 1 aliphatic heterocycles. The minimum atomic E-state index is 0.301. The lowest BCUT2D eigenvalue weighted by Gasteiger charge is -2.33. The van der Waals surface area contributed by atoms with Crippen LogP contribution in [0.5, 0.6) is 0 Å². The first-order chi connectivity index (χ1) is 9.36. The van der Waals surface area contributed by atoms with E-state index >= 15 is 0 Å². The van der Waals surface area contributed by atoms with Crippen LogP contribution in [-0.4, -0.2) is 24.8 Å². The molecule has 0 bridgehead atoms. The second kappa shape index (κ2) is 6.58. The number of hydrogen-bond acceptors (Lipinski definition) is 2. The van der Waals surface area contributed by atoms with Crippen molar-refractivity contribution in [3.8, 4) is 0 Å². The molecule has 110 valence electrons. The molecule has 1 unspecified atom stereocenters. The highest BCUT2D eigenvalue weighted by atomic mass is 16.5. The largest absolute Gasteiger partial charge is 0.370 e. The summed E-state index contributed by atoms with van der Waals surface area (Å²) in [5.41, 5.74) is 0.301. The molecule has 1 atom stereocenters. The molecule has 19 heavy (non-hydrogen) atoms. The normalized spacial score (nSPS) is 31.9. The highest BCUT2D eigenvalue weighted by Gasteiger charge is 2.40. The van der Waals surface area contributed by atoms with Crippen LogP contribution in [0, 0.1) is 5.92 Å². The van der Waals surface area contributed by atoms with Gasteiger partial charge in [-0.1, -0.05) is 38.5 Å². The Morgan fingerprint density at radius 3 is 2.32 bits per heavy atom. The maximum atomic E-state index is 6.42. The molecule has 2 nitrogen and oxygen atoms in total. The average Bonchev–Trinajstić information content (AvgIpc) is 2.84. The van der Waals surface area contributed by atoms with Crippen LogP contribution in [0.25, 0.3) is 0 Å². The van der Waals surface area contributed by atoms with Crippen molar-refractivity contribution in [2.24, 2.45) is 5.92 Å². The van der Waals surface area contributed by atoms with Crippen LogP contribution in [-0.2, 0) is 4.74 Å². The molecule has 1 saturated heterocycles. The first-order valence-corrected chi connectivity index (χ1v) is 8.75. The van der Waals surface area contributed by atoms with Crippen LogP contribution in [0.3, 0.4) is 0 Å². The SMILES string of the molecule is C1CCC(CNCC2CCC3(CCCCC3)O2)CC1. The van der Waals surface area contributed by atoms with Crippen LogP contribution in [0.2, 0.25) is 0 Å². The van der Waals surface area contributed by atoms with Gasteiger partial charge in [-0.2, -0.15) is 0 Å². The minimum Gasteiger partial charge on any atom is -0.370 e. The van der Waals surface area contributed by atoms with Gasteiger partial charge in [-0.05, 0) is 51.0 Å². The van der Waals surface area contributed by atoms with Crippen LogP contribution in [0.4, 0.5) is 0 Å². The standard InChI is InChI=1S/C17H31NO/c1-3-7-15(8-4-1)13-18-14-16-9-12-17(19-16)10-5-2-6-11-17/h15-16,18H,1-14H2. The summed E-state index contributed by atoms with van der Waals surface area (Å²) in [5, 5.41) is 3.69. The third-order valence-electron chi connectivity index (χ3n) is 5.63. The zero-order valence-electron chi connectivity index (χ0n) is 12.5. The molecule has 0 radical (unpaired) electrons. The van der Waals surface area contributed by atoms with Gasteiger partial charge in [-0.15, -0.1) is 0 Å². The van der Waals surface area contributed by atoms with Crippen LogP contribution < -0.4 is 5.32 Å². The Morgan fingerprint density at radius 2 is 1.53 bits per heavy atom. The average molecular weight is 265 g/mol. The fourth-order valence-electron chi connectivity index (χ4n) is 4.44. The monoisotopic (exact) mass is 265 g/mol. The summed E-state index contributed by atoms with van der Waals surface area (Å²) < 4.78 is 6.42. The van der Waals surface area contributed by atoms with Crippen LogP contribution in [0.15, 0.2) is 0 Å². The van der Waals surface area contributed by atoms with E-state index in [1.165, 1.54) is 83.6 Å². The molecule has 3 rings (SSSR count). The summed E-state index contributed by atoms with van der Waals surface area (Å²) in [4.78, 5) is 0. The van der Waals surface area contributed by atoms with Gasteiger partial charge in [-0.3, -0.25) is 0 Å². The molecular weight excluding hydrogens is 234 g/mol. The quantitative estimate of drug-likeness (QED) is 0.828. The molecule has 0 aromatic rings. The molecular formula is C17H31NO. The van der Waals surface area contributed by atoms with Gasteiger partial charge in [-0.25, -0.2) is 0 Å². The fourth-order valence-corrected chi connectivity index (χ4v) is 4.44. The van der Waals surface area contributed by atoms with E-state index in [0.29, 0.717) is 11.7 Å². The lowest BCUT2D eigenvalue weighted by molar-refractivity contribution is -0.0625. The smallest absolute Gasteiger partial charge is 0.0708 e. The molecule has 2 heteroatoms. The molecule has 0 aromatic carbocycles. The van der Waals surface area contributed by atoms with Crippen molar-refractivity contribution in [1.29, 1.82) is 0 Å². The molecule has 0 amide bonds. The minimum absolute atomic E-state index is 0.301. The van der Waals surface area contributed by atoms with Gasteiger partial charge in [0.25, 0.3) is 0 Å². The van der Waals surface area contributed by atoms with Crippen molar-refractivity contribution >= 4 is 0 Å². The van der Waals surface area contributed by atoms with Gasteiger partial charge in [0.05, 0.1) is 11.7 Å². The lowest BCUT2D eigenvalue weighted by Crippen LogP contribution is -2.36. The van der Waals surface area contributed by atoms with Gasteiger partial charge in [0.15, 0.2) is 0 Å². The Hall–Kier alpha value is -0.0800. The van der Waals surface area contributed by atoms with Crippen molar-refractivity contribution in [2.45, 2.75) is 88.8 Å². The highest BCUT2D eigenvalue weighted by molar-refractivity contribution is 4.91. The Morgan fingerprint density at radius 1 is 0.789 bits per heavy atom. The van der Waals surface area contributed by atoms with E-state index < -0.39 is 0 Å². The van der Waals surface area contributed by atoms with E-state index in [1.54, 1.807) is 0 Å². The third-order valence-corrected chi connectivity index (χ3v) is 5.63. The lowest BCUT2D eigenvalue weighted by atomic mass is 9.83. The van der Waals surface area contributed by atoms with E-state index in [0.717, 1.165) is 12.5 Å². The Bertz CT molecular complexity index is 266. The number of nitrogens with one attached hydrogen (secondary N) is 1. The van der Waals surface area contributed by atoms with Crippen molar-refractivity contribution in [1.82, 2.24) is 5.32 Å². The predicted octanol–water partition coefficient (Wildman–Crippen LogP) is 4.04. The van der Waals surface area contributed by atoms with Gasteiger partial charge in [0.2, 0.25) is 0 Å². The van der Waals surface area contributed by atoms with E-state index in [9.17, 15) is 0 Å². The van der Waals surface area contributed by atoms with E-state index in [1.807, 2.05) is 0 Å². The van der Waals surface area contributed by atoms with Gasteiger partial charge in [0.1, 0.15) is 0 Å². The van der Waals surface area contributed by atoms with E-state index in [-0.39, 0.29) is 0 Å². The molecule has 2 saturated carbocycles. The molecule has 1 N–H and O–H groups in total. The Labute approximate surface area is 118 Å². The van der Waals surface area contributed by atoms with E-state index in [4.69, 9.17) is 4.74 Å². The molecule has 3 fully saturated rings. The Kier molecular flexibility index (Phi) is 4.81. The zero-order chi connectivity index (χ0) is 13.0. The predicted molar refractivity (Wildman–Crippen MR) is 79.4 cm³/mol. The summed E-state index contributed by atoms with van der Waals surface area (Å²) in [5.74, 6) is 0.943. The van der Waals surface area contributed by atoms with Gasteiger partial charge in [0, 0.05) is 6.54 Å². The third kappa shape index (κ3) is 3.72. The van der Waals surface area contributed by atoms with Gasteiger partial charge >= 0.3 is 0 Å². The van der Waals surface area contributed by atoms with Gasteiger partial charge < -0.3 is 10.1 Å². The summed E-state index contributed by atoms with van der Waals surface area (Å²) in [6.07, 6.45) is 17.2. The molecule has 1 heterocycles. The number of hydrogen-bond donors (Lipinski definition) is 1. The second-order valence-corrected chi connectivity index (χ2v) is 7.18. The van der Waals surface area contributed by atoms with Crippen LogP contribution in [0.1, 0.15) is 77.0 Å². The number of rotatable bonds is 4. The summed E-state index contributed by atoms with van der Waals surface area (Å²) >= 11 is 0. The zero-order valence-corrected chi connectivity index (χ0v) is 12.5. The van der Waals surface area contributed by atoms with Crippen LogP contribution >= 0.6 is 0 Å². The second-order valence-electron chi connectivity index (χ2n) is 7.18. The van der Waals surface area contributed by atoms with Crippen molar-refractivity contribution in [3.63, 3.8) is 0 Å².